The van der Waals surface area contributed by atoms with Crippen molar-refractivity contribution in [1.82, 2.24) is 5.32 Å². The highest BCUT2D eigenvalue weighted by molar-refractivity contribution is 5.80. The van der Waals surface area contributed by atoms with Gasteiger partial charge in [-0.2, -0.15) is 0 Å². The van der Waals surface area contributed by atoms with Gasteiger partial charge in [-0.05, 0) is 30.9 Å². The highest BCUT2D eigenvalue weighted by atomic mass is 16.5. The number of ether oxygens (including phenoxy) is 2. The van der Waals surface area contributed by atoms with E-state index < -0.39 is 0 Å². The number of rotatable bonds is 6. The molecule has 0 bridgehead atoms. The van der Waals surface area contributed by atoms with E-state index in [4.69, 9.17) is 9.47 Å². The molecule has 1 atom stereocenters. The summed E-state index contributed by atoms with van der Waals surface area (Å²) in [6.07, 6.45) is 1.53. The molecule has 0 spiro atoms. The predicted molar refractivity (Wildman–Crippen MR) is 72.6 cm³/mol. The van der Waals surface area contributed by atoms with Gasteiger partial charge in [0.15, 0.2) is 0 Å². The molecule has 0 saturated carbocycles. The van der Waals surface area contributed by atoms with Crippen molar-refractivity contribution in [3.63, 3.8) is 0 Å². The maximum Gasteiger partial charge on any atom is 0.249 e. The van der Waals surface area contributed by atoms with Crippen molar-refractivity contribution < 1.29 is 14.3 Å². The number of carbonyl (C=O) groups excluding carboxylic acids is 1. The Morgan fingerprint density at radius 2 is 2.21 bits per heavy atom. The van der Waals surface area contributed by atoms with Crippen LogP contribution in [0.5, 0.6) is 0 Å². The summed E-state index contributed by atoms with van der Waals surface area (Å²) in [6.45, 7) is 4.47. The van der Waals surface area contributed by atoms with Gasteiger partial charge in [0.05, 0.1) is 6.61 Å². The largest absolute Gasteiger partial charge is 0.377 e. The maximum absolute atomic E-state index is 11.9. The lowest BCUT2D eigenvalue weighted by molar-refractivity contribution is -0.130. The number of amides is 1. The average Bonchev–Trinajstić information content (AvgIpc) is 2.97. The van der Waals surface area contributed by atoms with Gasteiger partial charge in [0.1, 0.15) is 6.10 Å². The number of benzene rings is 1. The molecule has 19 heavy (non-hydrogen) atoms. The van der Waals surface area contributed by atoms with E-state index in [1.165, 1.54) is 0 Å². The average molecular weight is 263 g/mol. The zero-order valence-corrected chi connectivity index (χ0v) is 11.4. The van der Waals surface area contributed by atoms with Crippen LogP contribution in [0, 0.1) is 0 Å². The second-order valence-electron chi connectivity index (χ2n) is 4.63. The molecule has 1 amide bonds. The molecule has 104 valence electrons. The highest BCUT2D eigenvalue weighted by Crippen LogP contribution is 2.13. The Bertz CT molecular complexity index is 414. The van der Waals surface area contributed by atoms with Crippen molar-refractivity contribution in [2.45, 2.75) is 39.0 Å². The van der Waals surface area contributed by atoms with Crippen molar-refractivity contribution in [2.75, 3.05) is 13.2 Å². The Labute approximate surface area is 114 Å². The highest BCUT2D eigenvalue weighted by Gasteiger charge is 2.23. The first kappa shape index (κ1) is 14.0. The molecule has 1 aliphatic rings. The third kappa shape index (κ3) is 4.04. The molecule has 2 rings (SSSR count). The van der Waals surface area contributed by atoms with E-state index in [2.05, 4.69) is 5.32 Å². The van der Waals surface area contributed by atoms with Crippen molar-refractivity contribution >= 4 is 5.91 Å². The molecule has 1 N–H and O–H groups in total. The van der Waals surface area contributed by atoms with Gasteiger partial charge in [-0.25, -0.2) is 0 Å². The first-order valence-electron chi connectivity index (χ1n) is 6.85. The van der Waals surface area contributed by atoms with Gasteiger partial charge in [-0.15, -0.1) is 0 Å². The van der Waals surface area contributed by atoms with Gasteiger partial charge in [-0.3, -0.25) is 4.79 Å². The summed E-state index contributed by atoms with van der Waals surface area (Å²) < 4.78 is 10.8. The predicted octanol–water partition coefficient (Wildman–Crippen LogP) is 2.02. The summed E-state index contributed by atoms with van der Waals surface area (Å²) in [4.78, 5) is 11.9. The van der Waals surface area contributed by atoms with Crippen LogP contribution >= 0.6 is 0 Å². The van der Waals surface area contributed by atoms with Gasteiger partial charge in [0, 0.05) is 19.8 Å². The summed E-state index contributed by atoms with van der Waals surface area (Å²) in [6, 6.07) is 8.01. The molecule has 1 heterocycles. The van der Waals surface area contributed by atoms with Crippen molar-refractivity contribution in [3.05, 3.63) is 35.4 Å². The molecule has 1 unspecified atom stereocenters. The minimum absolute atomic E-state index is 0.0105. The summed E-state index contributed by atoms with van der Waals surface area (Å²) in [5.41, 5.74) is 2.22. The van der Waals surface area contributed by atoms with Crippen molar-refractivity contribution in [1.29, 1.82) is 0 Å². The summed E-state index contributed by atoms with van der Waals surface area (Å²) in [5.74, 6) is -0.0105. The smallest absolute Gasteiger partial charge is 0.249 e. The topological polar surface area (TPSA) is 47.6 Å². The lowest BCUT2D eigenvalue weighted by Gasteiger charge is -2.13. The molecule has 4 heteroatoms. The number of hydrogen-bond acceptors (Lipinski definition) is 3. The molecule has 1 aromatic carbocycles. The minimum Gasteiger partial charge on any atom is -0.377 e. The Hall–Kier alpha value is -1.39. The van der Waals surface area contributed by atoms with E-state index in [1.54, 1.807) is 0 Å². The monoisotopic (exact) mass is 263 g/mol. The normalized spacial score (nSPS) is 18.5. The van der Waals surface area contributed by atoms with E-state index in [0.29, 0.717) is 26.4 Å². The summed E-state index contributed by atoms with van der Waals surface area (Å²) >= 11 is 0. The van der Waals surface area contributed by atoms with E-state index in [9.17, 15) is 4.79 Å². The van der Waals surface area contributed by atoms with Crippen LogP contribution in [0.15, 0.2) is 24.3 Å². The summed E-state index contributed by atoms with van der Waals surface area (Å²) in [7, 11) is 0. The molecule has 1 fully saturated rings. The Balaban J connectivity index is 1.89. The zero-order valence-electron chi connectivity index (χ0n) is 11.4. The first-order chi connectivity index (χ1) is 9.31. The Morgan fingerprint density at radius 3 is 2.89 bits per heavy atom. The van der Waals surface area contributed by atoms with Gasteiger partial charge in [0.25, 0.3) is 0 Å². The van der Waals surface area contributed by atoms with Crippen molar-refractivity contribution in [3.8, 4) is 0 Å². The molecule has 0 aromatic heterocycles. The van der Waals surface area contributed by atoms with E-state index >= 15 is 0 Å². The maximum atomic E-state index is 11.9. The third-order valence-corrected chi connectivity index (χ3v) is 3.26. The quantitative estimate of drug-likeness (QED) is 0.854. The van der Waals surface area contributed by atoms with Crippen LogP contribution in [0.25, 0.3) is 0 Å². The standard InChI is InChI=1S/C15H21NO3/c1-2-18-11-13-7-4-3-6-12(13)10-16-15(17)14-8-5-9-19-14/h3-4,6-7,14H,2,5,8-11H2,1H3,(H,16,17). The molecular weight excluding hydrogens is 242 g/mol. The second kappa shape index (κ2) is 7.26. The fraction of sp³-hybridized carbons (Fsp3) is 0.533. The Morgan fingerprint density at radius 1 is 1.42 bits per heavy atom. The Kier molecular flexibility index (Phi) is 5.36. The number of nitrogens with one attached hydrogen (secondary N) is 1. The van der Waals surface area contributed by atoms with Crippen LogP contribution < -0.4 is 5.32 Å². The van der Waals surface area contributed by atoms with Crippen LogP contribution in [-0.2, 0) is 27.4 Å². The zero-order chi connectivity index (χ0) is 13.5. The lowest BCUT2D eigenvalue weighted by Crippen LogP contribution is -2.33. The lowest BCUT2D eigenvalue weighted by atomic mass is 10.1. The van der Waals surface area contributed by atoms with Gasteiger partial charge >= 0.3 is 0 Å². The van der Waals surface area contributed by atoms with Crippen LogP contribution in [0.1, 0.15) is 30.9 Å². The summed E-state index contributed by atoms with van der Waals surface area (Å²) in [5, 5.41) is 2.94. The SMILES string of the molecule is CCOCc1ccccc1CNC(=O)C1CCCO1. The molecule has 0 radical (unpaired) electrons. The van der Waals surface area contributed by atoms with Gasteiger partial charge in [0.2, 0.25) is 5.91 Å². The van der Waals surface area contributed by atoms with Crippen LogP contribution in [0.2, 0.25) is 0 Å². The van der Waals surface area contributed by atoms with Crippen LogP contribution in [0.3, 0.4) is 0 Å². The number of hydrogen-bond donors (Lipinski definition) is 1. The minimum atomic E-state index is -0.265. The van der Waals surface area contributed by atoms with Gasteiger partial charge < -0.3 is 14.8 Å². The van der Waals surface area contributed by atoms with Crippen LogP contribution in [-0.4, -0.2) is 25.2 Å². The van der Waals surface area contributed by atoms with E-state index in [-0.39, 0.29) is 12.0 Å². The second-order valence-corrected chi connectivity index (χ2v) is 4.63. The third-order valence-electron chi connectivity index (χ3n) is 3.26. The molecular formula is C15H21NO3. The number of carbonyl (C=O) groups is 1. The van der Waals surface area contributed by atoms with Crippen LogP contribution in [0.4, 0.5) is 0 Å². The van der Waals surface area contributed by atoms with E-state index in [0.717, 1.165) is 24.0 Å². The fourth-order valence-electron chi connectivity index (χ4n) is 2.16. The first-order valence-corrected chi connectivity index (χ1v) is 6.85. The van der Waals surface area contributed by atoms with Gasteiger partial charge in [-0.1, -0.05) is 24.3 Å². The molecule has 1 aromatic rings. The fourth-order valence-corrected chi connectivity index (χ4v) is 2.16. The molecule has 0 aliphatic carbocycles. The molecule has 1 saturated heterocycles. The van der Waals surface area contributed by atoms with E-state index in [1.807, 2.05) is 31.2 Å². The van der Waals surface area contributed by atoms with Crippen molar-refractivity contribution in [2.24, 2.45) is 0 Å². The molecule has 4 nitrogen and oxygen atoms in total. The molecule has 1 aliphatic heterocycles.